The summed E-state index contributed by atoms with van der Waals surface area (Å²) in [5.41, 5.74) is 1.14. The topological polar surface area (TPSA) is 36.4 Å². The molecule has 2 rings (SSSR count). The van der Waals surface area contributed by atoms with Gasteiger partial charge in [-0.05, 0) is 24.6 Å². The lowest BCUT2D eigenvalue weighted by molar-refractivity contribution is 0.285. The van der Waals surface area contributed by atoms with Crippen LogP contribution in [0.4, 0.5) is 5.13 Å². The zero-order valence-corrected chi connectivity index (χ0v) is 12.9. The highest BCUT2D eigenvalue weighted by Gasteiger charge is 2.17. The molecule has 0 saturated heterocycles. The van der Waals surface area contributed by atoms with Gasteiger partial charge in [0.25, 0.3) is 0 Å². The van der Waals surface area contributed by atoms with Crippen molar-refractivity contribution in [2.45, 2.75) is 19.6 Å². The lowest BCUT2D eigenvalue weighted by Crippen LogP contribution is -2.21. The normalized spacial score (nSPS) is 12.5. The Labute approximate surface area is 126 Å². The molecule has 19 heavy (non-hydrogen) atoms. The van der Waals surface area contributed by atoms with E-state index in [1.54, 1.807) is 0 Å². The summed E-state index contributed by atoms with van der Waals surface area (Å²) in [6.07, 6.45) is 0. The summed E-state index contributed by atoms with van der Waals surface area (Å²) in [5.74, 6) is 0. The number of aliphatic hydroxyl groups is 1. The highest BCUT2D eigenvalue weighted by atomic mass is 35.5. The minimum Gasteiger partial charge on any atom is -0.391 e. The Morgan fingerprint density at radius 2 is 1.95 bits per heavy atom. The maximum atomic E-state index is 9.15. The van der Waals surface area contributed by atoms with Crippen LogP contribution in [0.1, 0.15) is 23.4 Å². The van der Waals surface area contributed by atoms with E-state index in [1.165, 1.54) is 11.3 Å². The van der Waals surface area contributed by atoms with Gasteiger partial charge in [-0.2, -0.15) is 0 Å². The fourth-order valence-corrected chi connectivity index (χ4v) is 2.99. The molecule has 6 heteroatoms. The summed E-state index contributed by atoms with van der Waals surface area (Å²) in [5, 5.41) is 11.0. The van der Waals surface area contributed by atoms with Crippen LogP contribution in [0.15, 0.2) is 24.3 Å². The van der Waals surface area contributed by atoms with Gasteiger partial charge in [-0.3, -0.25) is 0 Å². The fourth-order valence-electron chi connectivity index (χ4n) is 1.70. The molecule has 0 fully saturated rings. The van der Waals surface area contributed by atoms with Gasteiger partial charge in [-0.25, -0.2) is 4.98 Å². The van der Waals surface area contributed by atoms with Gasteiger partial charge in [-0.15, -0.1) is 0 Å². The zero-order valence-electron chi connectivity index (χ0n) is 10.6. The van der Waals surface area contributed by atoms with Crippen LogP contribution in [-0.4, -0.2) is 17.1 Å². The first-order valence-corrected chi connectivity index (χ1v) is 7.34. The van der Waals surface area contributed by atoms with Crippen molar-refractivity contribution < 1.29 is 5.11 Å². The number of hydrogen-bond acceptors (Lipinski definition) is 4. The highest BCUT2D eigenvalue weighted by Crippen LogP contribution is 2.33. The molecule has 0 spiro atoms. The van der Waals surface area contributed by atoms with Crippen LogP contribution in [-0.2, 0) is 6.61 Å². The Hall–Kier alpha value is -0.810. The van der Waals surface area contributed by atoms with Crippen LogP contribution in [0.2, 0.25) is 10.2 Å². The van der Waals surface area contributed by atoms with Gasteiger partial charge in [-0.1, -0.05) is 46.7 Å². The van der Waals surface area contributed by atoms with E-state index in [1.807, 2.05) is 36.2 Å². The second kappa shape index (κ2) is 6.09. The van der Waals surface area contributed by atoms with Crippen molar-refractivity contribution >= 4 is 39.7 Å². The quantitative estimate of drug-likeness (QED) is 0.921. The molecule has 0 bridgehead atoms. The molecular formula is C13H14Cl2N2OS. The number of aromatic nitrogens is 1. The van der Waals surface area contributed by atoms with E-state index in [0.717, 1.165) is 15.7 Å². The summed E-state index contributed by atoms with van der Waals surface area (Å²) in [6, 6.07) is 7.87. The summed E-state index contributed by atoms with van der Waals surface area (Å²) in [7, 11) is 1.95. The van der Waals surface area contributed by atoms with E-state index in [9.17, 15) is 0 Å². The van der Waals surface area contributed by atoms with Crippen LogP contribution >= 0.6 is 34.5 Å². The molecule has 0 amide bonds. The smallest absolute Gasteiger partial charge is 0.187 e. The number of aliphatic hydroxyl groups excluding tert-OH is 1. The number of thiazole rings is 1. The number of halogens is 2. The van der Waals surface area contributed by atoms with Crippen molar-refractivity contribution in [2.75, 3.05) is 11.9 Å². The summed E-state index contributed by atoms with van der Waals surface area (Å²) in [6.45, 7) is 2.00. The van der Waals surface area contributed by atoms with Gasteiger partial charge in [0.2, 0.25) is 0 Å². The van der Waals surface area contributed by atoms with Gasteiger partial charge >= 0.3 is 0 Å². The lowest BCUT2D eigenvalue weighted by Gasteiger charge is -2.24. The second-order valence-electron chi connectivity index (χ2n) is 4.21. The predicted molar refractivity (Wildman–Crippen MR) is 81.3 cm³/mol. The molecule has 102 valence electrons. The van der Waals surface area contributed by atoms with Gasteiger partial charge in [0, 0.05) is 12.1 Å². The van der Waals surface area contributed by atoms with Crippen molar-refractivity contribution in [1.82, 2.24) is 4.98 Å². The van der Waals surface area contributed by atoms with Crippen LogP contribution < -0.4 is 4.90 Å². The Bertz CT molecular complexity index is 556. The van der Waals surface area contributed by atoms with Crippen LogP contribution in [0, 0.1) is 0 Å². The summed E-state index contributed by atoms with van der Waals surface area (Å²) in [4.78, 5) is 6.98. The fraction of sp³-hybridized carbons (Fsp3) is 0.308. The molecule has 0 aliphatic carbocycles. The number of rotatable bonds is 4. The van der Waals surface area contributed by atoms with Crippen molar-refractivity contribution in [2.24, 2.45) is 0 Å². The first-order valence-electron chi connectivity index (χ1n) is 5.77. The van der Waals surface area contributed by atoms with Gasteiger partial charge in [0.05, 0.1) is 17.5 Å². The van der Waals surface area contributed by atoms with Gasteiger partial charge < -0.3 is 10.0 Å². The van der Waals surface area contributed by atoms with Crippen LogP contribution in [0.5, 0.6) is 0 Å². The highest BCUT2D eigenvalue weighted by molar-refractivity contribution is 7.16. The first kappa shape index (κ1) is 14.6. The van der Waals surface area contributed by atoms with Crippen LogP contribution in [0.25, 0.3) is 0 Å². The lowest BCUT2D eigenvalue weighted by atomic mass is 10.1. The zero-order chi connectivity index (χ0) is 14.0. The number of hydrogen-bond donors (Lipinski definition) is 1. The first-order chi connectivity index (χ1) is 9.02. The van der Waals surface area contributed by atoms with E-state index >= 15 is 0 Å². The third kappa shape index (κ3) is 3.20. The molecule has 1 aromatic heterocycles. The van der Waals surface area contributed by atoms with Crippen molar-refractivity contribution in [3.8, 4) is 0 Å². The Kier molecular flexibility index (Phi) is 4.68. The molecule has 1 heterocycles. The van der Waals surface area contributed by atoms with Crippen LogP contribution in [0.3, 0.4) is 0 Å². The molecule has 0 aliphatic heterocycles. The molecule has 1 N–H and O–H groups in total. The second-order valence-corrected chi connectivity index (χ2v) is 6.06. The van der Waals surface area contributed by atoms with E-state index in [2.05, 4.69) is 11.9 Å². The standard InChI is InChI=1S/C13H14Cl2N2OS/c1-8(9-3-5-10(14)6-4-9)17(2)13-16-12(15)11(7-18)19-13/h3-6,8,18H,7H2,1-2H3. The largest absolute Gasteiger partial charge is 0.391 e. The van der Waals surface area contributed by atoms with E-state index in [-0.39, 0.29) is 12.6 Å². The monoisotopic (exact) mass is 316 g/mol. The molecule has 3 nitrogen and oxygen atoms in total. The van der Waals surface area contributed by atoms with Crippen molar-refractivity contribution in [3.05, 3.63) is 44.9 Å². The SMILES string of the molecule is CC(c1ccc(Cl)cc1)N(C)c1nc(Cl)c(CO)s1. The minimum absolute atomic E-state index is 0.0837. The third-order valence-corrected chi connectivity index (χ3v) is 4.82. The average Bonchev–Trinajstić information content (AvgIpc) is 2.79. The van der Waals surface area contributed by atoms with E-state index in [4.69, 9.17) is 28.3 Å². The molecule has 1 unspecified atom stereocenters. The molecule has 0 radical (unpaired) electrons. The van der Waals surface area contributed by atoms with E-state index in [0.29, 0.717) is 10.0 Å². The number of nitrogens with zero attached hydrogens (tertiary/aromatic N) is 2. The maximum absolute atomic E-state index is 9.15. The molecule has 1 atom stereocenters. The molecule has 1 aromatic carbocycles. The third-order valence-electron chi connectivity index (χ3n) is 3.02. The minimum atomic E-state index is -0.0837. The van der Waals surface area contributed by atoms with Crippen molar-refractivity contribution in [3.63, 3.8) is 0 Å². The van der Waals surface area contributed by atoms with Crippen molar-refractivity contribution in [1.29, 1.82) is 0 Å². The van der Waals surface area contributed by atoms with Gasteiger partial charge in [0.1, 0.15) is 5.15 Å². The number of anilines is 1. The summed E-state index contributed by atoms with van der Waals surface area (Å²) < 4.78 is 0. The molecular weight excluding hydrogens is 303 g/mol. The molecule has 2 aromatic rings. The summed E-state index contributed by atoms with van der Waals surface area (Å²) >= 11 is 13.2. The Morgan fingerprint density at radius 1 is 1.32 bits per heavy atom. The maximum Gasteiger partial charge on any atom is 0.187 e. The van der Waals surface area contributed by atoms with Gasteiger partial charge in [0.15, 0.2) is 5.13 Å². The molecule has 0 aliphatic rings. The molecule has 0 saturated carbocycles. The van der Waals surface area contributed by atoms with E-state index < -0.39 is 0 Å². The Balaban J connectivity index is 2.22. The number of benzene rings is 1. The predicted octanol–water partition coefficient (Wildman–Crippen LogP) is 4.14. The Morgan fingerprint density at radius 3 is 2.47 bits per heavy atom. The average molecular weight is 317 g/mol.